The van der Waals surface area contributed by atoms with Gasteiger partial charge in [-0.15, -0.1) is 11.6 Å². The molecule has 0 aromatic heterocycles. The van der Waals surface area contributed by atoms with E-state index in [1.54, 1.807) is 17.0 Å². The van der Waals surface area contributed by atoms with Crippen molar-refractivity contribution in [2.45, 2.75) is 32.0 Å². The Morgan fingerprint density at radius 3 is 2.71 bits per heavy atom. The minimum atomic E-state index is -0.384. The minimum absolute atomic E-state index is 0.0416. The van der Waals surface area contributed by atoms with Crippen molar-refractivity contribution in [1.82, 2.24) is 4.90 Å². The van der Waals surface area contributed by atoms with Gasteiger partial charge in [0.2, 0.25) is 5.91 Å². The van der Waals surface area contributed by atoms with Gasteiger partial charge < -0.3 is 9.64 Å². The monoisotopic (exact) mass is 349 g/mol. The van der Waals surface area contributed by atoms with E-state index in [1.807, 2.05) is 19.9 Å². The summed E-state index contributed by atoms with van der Waals surface area (Å²) in [6.07, 6.45) is 0.162. The first-order valence-electron chi connectivity index (χ1n) is 6.76. The normalized spacial score (nSPS) is 21.4. The maximum atomic E-state index is 12.5. The highest BCUT2D eigenvalue weighted by molar-refractivity contribution is 6.42. The second-order valence-electron chi connectivity index (χ2n) is 5.85. The summed E-state index contributed by atoms with van der Waals surface area (Å²) in [5.74, 6) is 0.417. The molecule has 0 bridgehead atoms. The molecule has 1 amide bonds. The maximum absolute atomic E-state index is 12.5. The number of benzene rings is 1. The molecule has 1 heterocycles. The number of ether oxygens (including phenoxy) is 1. The van der Waals surface area contributed by atoms with Crippen LogP contribution in [0.2, 0.25) is 10.0 Å². The molecule has 1 unspecified atom stereocenters. The number of nitrogens with zero attached hydrogens (tertiary/aromatic N) is 1. The highest BCUT2D eigenvalue weighted by Crippen LogP contribution is 2.25. The highest BCUT2D eigenvalue weighted by Gasteiger charge is 2.35. The average Bonchev–Trinajstić information content (AvgIpc) is 2.41. The molecule has 1 aromatic carbocycles. The van der Waals surface area contributed by atoms with E-state index in [4.69, 9.17) is 39.5 Å². The molecule has 1 fully saturated rings. The fourth-order valence-electron chi connectivity index (χ4n) is 2.50. The van der Waals surface area contributed by atoms with Crippen LogP contribution in [0.3, 0.4) is 0 Å². The van der Waals surface area contributed by atoms with E-state index in [-0.39, 0.29) is 17.6 Å². The van der Waals surface area contributed by atoms with E-state index >= 15 is 0 Å². The lowest BCUT2D eigenvalue weighted by atomic mass is 10.0. The maximum Gasteiger partial charge on any atom is 0.227 e. The van der Waals surface area contributed by atoms with Gasteiger partial charge in [-0.2, -0.15) is 0 Å². The van der Waals surface area contributed by atoms with Crippen LogP contribution >= 0.6 is 34.8 Å². The van der Waals surface area contributed by atoms with E-state index in [0.717, 1.165) is 5.56 Å². The van der Waals surface area contributed by atoms with E-state index in [0.29, 0.717) is 35.4 Å². The number of halogens is 3. The van der Waals surface area contributed by atoms with Crippen LogP contribution in [0, 0.1) is 0 Å². The van der Waals surface area contributed by atoms with Crippen molar-refractivity contribution < 1.29 is 9.53 Å². The molecule has 0 saturated carbocycles. The smallest absolute Gasteiger partial charge is 0.227 e. The molecule has 2 rings (SSSR count). The number of rotatable bonds is 3. The van der Waals surface area contributed by atoms with Crippen LogP contribution in [0.15, 0.2) is 18.2 Å². The summed E-state index contributed by atoms with van der Waals surface area (Å²) >= 11 is 17.7. The van der Waals surface area contributed by atoms with Gasteiger partial charge in [0.1, 0.15) is 0 Å². The number of carbonyl (C=O) groups excluding carboxylic acids is 1. The molecular weight excluding hydrogens is 333 g/mol. The van der Waals surface area contributed by atoms with Crippen molar-refractivity contribution in [3.63, 3.8) is 0 Å². The second-order valence-corrected chi connectivity index (χ2v) is 6.98. The van der Waals surface area contributed by atoms with Gasteiger partial charge in [0.15, 0.2) is 0 Å². The highest BCUT2D eigenvalue weighted by atomic mass is 35.5. The number of amides is 1. The molecule has 0 aliphatic carbocycles. The molecule has 1 aliphatic heterocycles. The lowest BCUT2D eigenvalue weighted by molar-refractivity contribution is -0.156. The van der Waals surface area contributed by atoms with Crippen LogP contribution in [0.25, 0.3) is 0 Å². The lowest BCUT2D eigenvalue weighted by Gasteiger charge is -2.42. The first kappa shape index (κ1) is 16.9. The third-order valence-electron chi connectivity index (χ3n) is 3.35. The van der Waals surface area contributed by atoms with Crippen molar-refractivity contribution in [2.24, 2.45) is 0 Å². The van der Waals surface area contributed by atoms with E-state index < -0.39 is 0 Å². The van der Waals surface area contributed by atoms with Gasteiger partial charge in [-0.3, -0.25) is 4.79 Å². The predicted octanol–water partition coefficient (Wildman–Crippen LogP) is 3.78. The van der Waals surface area contributed by atoms with Crippen LogP contribution in [0.1, 0.15) is 19.4 Å². The first-order valence-corrected chi connectivity index (χ1v) is 8.05. The standard InChI is InChI=1S/C15H18Cl3NO2/c1-15(2)9-19(8-11(7-16)21-15)14(20)6-10-3-4-12(17)13(18)5-10/h3-5,11H,6-9H2,1-2H3. The zero-order chi connectivity index (χ0) is 15.6. The van der Waals surface area contributed by atoms with Crippen LogP contribution in [-0.4, -0.2) is 41.5 Å². The summed E-state index contributed by atoms with van der Waals surface area (Å²) in [5, 5.41) is 0.950. The summed E-state index contributed by atoms with van der Waals surface area (Å²) in [5.41, 5.74) is 0.464. The van der Waals surface area contributed by atoms with Crippen molar-refractivity contribution in [2.75, 3.05) is 19.0 Å². The molecule has 6 heteroatoms. The predicted molar refractivity (Wildman–Crippen MR) is 86.4 cm³/mol. The SMILES string of the molecule is CC1(C)CN(C(=O)Cc2ccc(Cl)c(Cl)c2)CC(CCl)O1. The van der Waals surface area contributed by atoms with Gasteiger partial charge >= 0.3 is 0 Å². The van der Waals surface area contributed by atoms with Crippen molar-refractivity contribution >= 4 is 40.7 Å². The molecule has 0 radical (unpaired) electrons. The van der Waals surface area contributed by atoms with Gasteiger partial charge in [0.25, 0.3) is 0 Å². The van der Waals surface area contributed by atoms with E-state index in [2.05, 4.69) is 0 Å². The molecule has 1 atom stereocenters. The van der Waals surface area contributed by atoms with Gasteiger partial charge in [-0.1, -0.05) is 29.3 Å². The molecule has 21 heavy (non-hydrogen) atoms. The zero-order valence-corrected chi connectivity index (χ0v) is 14.3. The fourth-order valence-corrected chi connectivity index (χ4v) is 2.98. The molecule has 1 aliphatic rings. The van der Waals surface area contributed by atoms with Crippen LogP contribution in [-0.2, 0) is 16.0 Å². The minimum Gasteiger partial charge on any atom is -0.367 e. The topological polar surface area (TPSA) is 29.5 Å². The Morgan fingerprint density at radius 1 is 1.38 bits per heavy atom. The number of hydrogen-bond donors (Lipinski definition) is 0. The number of hydrogen-bond acceptors (Lipinski definition) is 2. The van der Waals surface area contributed by atoms with Crippen LogP contribution in [0.5, 0.6) is 0 Å². The Balaban J connectivity index is 2.06. The third-order valence-corrected chi connectivity index (χ3v) is 4.43. The fraction of sp³-hybridized carbons (Fsp3) is 0.533. The average molecular weight is 351 g/mol. The van der Waals surface area contributed by atoms with Gasteiger partial charge in [-0.25, -0.2) is 0 Å². The van der Waals surface area contributed by atoms with E-state index in [9.17, 15) is 4.79 Å². The summed E-state index contributed by atoms with van der Waals surface area (Å²) in [6, 6.07) is 5.25. The second kappa shape index (κ2) is 6.74. The molecule has 1 saturated heterocycles. The Kier molecular flexibility index (Phi) is 5.42. The Bertz CT molecular complexity index is 534. The number of alkyl halides is 1. The van der Waals surface area contributed by atoms with Gasteiger partial charge in [0.05, 0.1) is 34.1 Å². The Labute approximate surface area is 140 Å². The lowest BCUT2D eigenvalue weighted by Crippen LogP contribution is -2.55. The van der Waals surface area contributed by atoms with E-state index in [1.165, 1.54) is 0 Å². The van der Waals surface area contributed by atoms with Gasteiger partial charge in [-0.05, 0) is 31.5 Å². The Hall–Kier alpha value is -0.480. The third kappa shape index (κ3) is 4.49. The van der Waals surface area contributed by atoms with Crippen molar-refractivity contribution in [1.29, 1.82) is 0 Å². The zero-order valence-electron chi connectivity index (χ0n) is 12.0. The molecular formula is C15H18Cl3NO2. The molecule has 0 N–H and O–H groups in total. The molecule has 0 spiro atoms. The summed E-state index contributed by atoms with van der Waals surface area (Å²) < 4.78 is 5.82. The summed E-state index contributed by atoms with van der Waals surface area (Å²) in [6.45, 7) is 5.00. The summed E-state index contributed by atoms with van der Waals surface area (Å²) in [7, 11) is 0. The first-order chi connectivity index (χ1) is 9.80. The van der Waals surface area contributed by atoms with Gasteiger partial charge in [0, 0.05) is 13.1 Å². The van der Waals surface area contributed by atoms with Crippen LogP contribution in [0.4, 0.5) is 0 Å². The van der Waals surface area contributed by atoms with Crippen molar-refractivity contribution in [3.8, 4) is 0 Å². The quantitative estimate of drug-likeness (QED) is 0.776. The molecule has 1 aromatic rings. The summed E-state index contributed by atoms with van der Waals surface area (Å²) in [4.78, 5) is 14.3. The van der Waals surface area contributed by atoms with Crippen molar-refractivity contribution in [3.05, 3.63) is 33.8 Å². The largest absolute Gasteiger partial charge is 0.367 e. The molecule has 116 valence electrons. The molecule has 3 nitrogen and oxygen atoms in total. The number of carbonyl (C=O) groups is 1. The Morgan fingerprint density at radius 2 is 2.10 bits per heavy atom. The van der Waals surface area contributed by atoms with Crippen LogP contribution < -0.4 is 0 Å². The number of morpholine rings is 1.